The second-order valence-electron chi connectivity index (χ2n) is 8.73. The van der Waals surface area contributed by atoms with E-state index in [1.165, 1.54) is 0 Å². The van der Waals surface area contributed by atoms with Gasteiger partial charge in [-0.2, -0.15) is 0 Å². The van der Waals surface area contributed by atoms with Crippen molar-refractivity contribution >= 4 is 11.8 Å². The van der Waals surface area contributed by atoms with Crippen molar-refractivity contribution in [3.05, 3.63) is 59.9 Å². The normalized spacial score (nSPS) is 19.7. The predicted octanol–water partition coefficient (Wildman–Crippen LogP) is 2.25. The molecule has 2 aromatic rings. The number of ether oxygens (including phenoxy) is 2. The summed E-state index contributed by atoms with van der Waals surface area (Å²) in [5, 5.41) is 3.11. The fraction of sp³-hybridized carbons (Fsp3) is 0.480. The van der Waals surface area contributed by atoms with Crippen LogP contribution in [0, 0.1) is 11.3 Å². The van der Waals surface area contributed by atoms with Gasteiger partial charge in [0.2, 0.25) is 11.8 Å². The molecule has 2 aliphatic heterocycles. The summed E-state index contributed by atoms with van der Waals surface area (Å²) in [6.45, 7) is 2.92. The maximum absolute atomic E-state index is 13.2. The van der Waals surface area contributed by atoms with E-state index in [-0.39, 0.29) is 23.1 Å². The molecule has 1 N–H and O–H groups in total. The molecule has 2 aliphatic rings. The van der Waals surface area contributed by atoms with Crippen molar-refractivity contribution in [1.82, 2.24) is 15.2 Å². The molecule has 1 spiro atoms. The van der Waals surface area contributed by atoms with Gasteiger partial charge in [-0.1, -0.05) is 12.1 Å². The summed E-state index contributed by atoms with van der Waals surface area (Å²) in [7, 11) is 1.62. The Balaban J connectivity index is 1.41. The van der Waals surface area contributed by atoms with E-state index in [9.17, 15) is 9.59 Å². The molecular weight excluding hydrogens is 406 g/mol. The zero-order valence-corrected chi connectivity index (χ0v) is 18.6. The van der Waals surface area contributed by atoms with E-state index in [4.69, 9.17) is 9.47 Å². The third kappa shape index (κ3) is 5.10. The predicted molar refractivity (Wildman–Crippen MR) is 120 cm³/mol. The molecule has 0 saturated carbocycles. The highest BCUT2D eigenvalue weighted by Gasteiger charge is 2.51. The molecule has 1 atom stereocenters. The van der Waals surface area contributed by atoms with Crippen LogP contribution >= 0.6 is 0 Å². The minimum atomic E-state index is -0.210. The molecule has 1 aromatic heterocycles. The number of hydrogen-bond donors (Lipinski definition) is 1. The molecule has 4 rings (SSSR count). The second kappa shape index (κ2) is 10.1. The quantitative estimate of drug-likeness (QED) is 0.719. The number of rotatable bonds is 7. The summed E-state index contributed by atoms with van der Waals surface area (Å²) in [4.78, 5) is 32.2. The van der Waals surface area contributed by atoms with Gasteiger partial charge in [-0.25, -0.2) is 0 Å². The van der Waals surface area contributed by atoms with Crippen LogP contribution in [-0.2, 0) is 27.2 Å². The SMILES string of the molecule is COc1cccc(CC(=O)N2CC(C(=O)NCCc3ccncc3)C3(CCOCC3)C2)c1. The maximum Gasteiger partial charge on any atom is 0.227 e. The van der Waals surface area contributed by atoms with Crippen molar-refractivity contribution in [2.45, 2.75) is 25.7 Å². The number of carbonyl (C=O) groups is 2. The number of likely N-dealkylation sites (tertiary alicyclic amines) is 1. The molecule has 0 bridgehead atoms. The second-order valence-corrected chi connectivity index (χ2v) is 8.73. The van der Waals surface area contributed by atoms with Crippen LogP contribution in [-0.4, -0.2) is 61.7 Å². The van der Waals surface area contributed by atoms with Crippen LogP contribution in [0.4, 0.5) is 0 Å². The number of carbonyl (C=O) groups excluding carboxylic acids is 2. The topological polar surface area (TPSA) is 80.8 Å². The summed E-state index contributed by atoms with van der Waals surface area (Å²) in [6, 6.07) is 11.5. The Morgan fingerprint density at radius 2 is 1.97 bits per heavy atom. The Bertz CT molecular complexity index is 928. The number of methoxy groups -OCH3 is 1. The number of nitrogens with zero attached hydrogens (tertiary/aromatic N) is 2. The first-order valence-electron chi connectivity index (χ1n) is 11.2. The summed E-state index contributed by atoms with van der Waals surface area (Å²) in [6.07, 6.45) is 6.19. The molecule has 170 valence electrons. The zero-order valence-electron chi connectivity index (χ0n) is 18.6. The van der Waals surface area contributed by atoms with Gasteiger partial charge in [-0.05, 0) is 54.7 Å². The van der Waals surface area contributed by atoms with Crippen LogP contribution in [0.25, 0.3) is 0 Å². The minimum Gasteiger partial charge on any atom is -0.497 e. The smallest absolute Gasteiger partial charge is 0.227 e. The fourth-order valence-electron chi connectivity index (χ4n) is 4.88. The van der Waals surface area contributed by atoms with Gasteiger partial charge in [0.15, 0.2) is 0 Å². The third-order valence-corrected chi connectivity index (χ3v) is 6.76. The van der Waals surface area contributed by atoms with Gasteiger partial charge in [-0.3, -0.25) is 14.6 Å². The van der Waals surface area contributed by atoms with E-state index in [0.717, 1.165) is 36.1 Å². The highest BCUT2D eigenvalue weighted by atomic mass is 16.5. The Morgan fingerprint density at radius 3 is 2.72 bits per heavy atom. The lowest BCUT2D eigenvalue weighted by Gasteiger charge is -2.37. The van der Waals surface area contributed by atoms with Crippen LogP contribution in [0.5, 0.6) is 5.75 Å². The van der Waals surface area contributed by atoms with Crippen molar-refractivity contribution in [1.29, 1.82) is 0 Å². The molecule has 1 aromatic carbocycles. The molecule has 0 radical (unpaired) electrons. The van der Waals surface area contributed by atoms with Crippen molar-refractivity contribution < 1.29 is 19.1 Å². The van der Waals surface area contributed by atoms with E-state index in [1.54, 1.807) is 19.5 Å². The molecule has 7 nitrogen and oxygen atoms in total. The van der Waals surface area contributed by atoms with Crippen molar-refractivity contribution in [3.8, 4) is 5.75 Å². The van der Waals surface area contributed by atoms with Gasteiger partial charge in [0.1, 0.15) is 5.75 Å². The molecule has 32 heavy (non-hydrogen) atoms. The first-order valence-corrected chi connectivity index (χ1v) is 11.2. The average Bonchev–Trinajstić information content (AvgIpc) is 3.19. The van der Waals surface area contributed by atoms with Gasteiger partial charge in [-0.15, -0.1) is 0 Å². The lowest BCUT2D eigenvalue weighted by Crippen LogP contribution is -2.44. The van der Waals surface area contributed by atoms with Crippen LogP contribution in [0.15, 0.2) is 48.8 Å². The monoisotopic (exact) mass is 437 g/mol. The number of benzene rings is 1. The van der Waals surface area contributed by atoms with Gasteiger partial charge < -0.3 is 19.7 Å². The number of pyridine rings is 1. The maximum atomic E-state index is 13.2. The standard InChI is InChI=1S/C25H31N3O4/c1-31-21-4-2-3-20(15-21)16-23(29)28-17-22(25(18-28)8-13-32-14-9-25)24(30)27-12-7-19-5-10-26-11-6-19/h2-6,10-11,15,22H,7-9,12-14,16-18H2,1H3,(H,27,30). The zero-order chi connectivity index (χ0) is 22.4. The van der Waals surface area contributed by atoms with Crippen molar-refractivity contribution in [2.75, 3.05) is 40.0 Å². The van der Waals surface area contributed by atoms with Gasteiger partial charge in [0.25, 0.3) is 0 Å². The molecule has 2 amide bonds. The lowest BCUT2D eigenvalue weighted by atomic mass is 9.71. The summed E-state index contributed by atoms with van der Waals surface area (Å²) >= 11 is 0. The van der Waals surface area contributed by atoms with Gasteiger partial charge in [0, 0.05) is 50.7 Å². The summed E-state index contributed by atoms with van der Waals surface area (Å²) in [5.74, 6) is 0.621. The fourth-order valence-corrected chi connectivity index (χ4v) is 4.88. The van der Waals surface area contributed by atoms with E-state index in [1.807, 2.05) is 41.3 Å². The van der Waals surface area contributed by atoms with Crippen molar-refractivity contribution in [2.24, 2.45) is 11.3 Å². The molecule has 0 aliphatic carbocycles. The number of hydrogen-bond acceptors (Lipinski definition) is 5. The van der Waals surface area contributed by atoms with Crippen LogP contribution in [0.1, 0.15) is 24.0 Å². The minimum absolute atomic E-state index is 0.0395. The molecule has 2 saturated heterocycles. The largest absolute Gasteiger partial charge is 0.497 e. The molecule has 1 unspecified atom stereocenters. The van der Waals surface area contributed by atoms with Gasteiger partial charge in [0.05, 0.1) is 19.4 Å². The highest BCUT2D eigenvalue weighted by molar-refractivity contribution is 5.84. The number of amides is 2. The summed E-state index contributed by atoms with van der Waals surface area (Å²) in [5.41, 5.74) is 1.85. The van der Waals surface area contributed by atoms with E-state index < -0.39 is 0 Å². The molecule has 3 heterocycles. The Morgan fingerprint density at radius 1 is 1.19 bits per heavy atom. The van der Waals surface area contributed by atoms with Crippen molar-refractivity contribution in [3.63, 3.8) is 0 Å². The molecule has 2 fully saturated rings. The lowest BCUT2D eigenvalue weighted by molar-refractivity contribution is -0.130. The van der Waals surface area contributed by atoms with Crippen LogP contribution in [0.2, 0.25) is 0 Å². The number of aromatic nitrogens is 1. The molecular formula is C25H31N3O4. The Kier molecular flexibility index (Phi) is 7.05. The molecule has 7 heteroatoms. The Hall–Kier alpha value is -2.93. The van der Waals surface area contributed by atoms with E-state index in [0.29, 0.717) is 39.3 Å². The first kappa shape index (κ1) is 22.3. The van der Waals surface area contributed by atoms with Crippen LogP contribution < -0.4 is 10.1 Å². The van der Waals surface area contributed by atoms with E-state index >= 15 is 0 Å². The first-order chi connectivity index (χ1) is 15.6. The third-order valence-electron chi connectivity index (χ3n) is 6.76. The van der Waals surface area contributed by atoms with Crippen LogP contribution in [0.3, 0.4) is 0 Å². The number of nitrogens with one attached hydrogen (secondary N) is 1. The highest BCUT2D eigenvalue weighted by Crippen LogP contribution is 2.44. The average molecular weight is 438 g/mol. The van der Waals surface area contributed by atoms with Gasteiger partial charge >= 0.3 is 0 Å². The summed E-state index contributed by atoms with van der Waals surface area (Å²) < 4.78 is 10.9. The van der Waals surface area contributed by atoms with E-state index in [2.05, 4.69) is 10.3 Å². The Labute approximate surface area is 189 Å².